The number of carboxylic acids is 1. The summed E-state index contributed by atoms with van der Waals surface area (Å²) in [4.78, 5) is 71.0. The van der Waals surface area contributed by atoms with Gasteiger partial charge in [0.1, 0.15) is 28.9 Å². The third kappa shape index (κ3) is 7.06. The number of benzene rings is 1. The standard InChI is InChI=1S/C36H46N6O7/c1-35(2,3)49-34(48)37-26-16-12-7-5-6-11-15-24-18-36(24,33(46)47)38-30(43)29-25-21-41(19-23(25)20-42(29)31(26)44)32(45)28-17-27(39-40(28)4)22-13-9-8-10-14-22/h8-11,13-15,17,23-26,29H,5-7,12,16,18-21H2,1-4H3,(H,37,48)(H,38,43)(H,46,47)/b15-11-/t23-,24+,25-,26+,29-,36+/m0/s1. The summed E-state index contributed by atoms with van der Waals surface area (Å²) < 4.78 is 7.03. The van der Waals surface area contributed by atoms with E-state index < -0.39 is 53.0 Å². The number of likely N-dealkylation sites (tertiary alicyclic amines) is 1. The van der Waals surface area contributed by atoms with E-state index in [0.717, 1.165) is 24.8 Å². The third-order valence-corrected chi connectivity index (χ3v) is 10.1. The predicted molar refractivity (Wildman–Crippen MR) is 179 cm³/mol. The van der Waals surface area contributed by atoms with Gasteiger partial charge in [0.2, 0.25) is 11.8 Å². The molecule has 49 heavy (non-hydrogen) atoms. The summed E-state index contributed by atoms with van der Waals surface area (Å²) in [5.41, 5.74) is -0.279. The largest absolute Gasteiger partial charge is 0.479 e. The molecule has 0 spiro atoms. The highest BCUT2D eigenvalue weighted by atomic mass is 16.6. The molecule has 4 heterocycles. The predicted octanol–water partition coefficient (Wildman–Crippen LogP) is 3.36. The van der Waals surface area contributed by atoms with Crippen molar-refractivity contribution in [2.24, 2.45) is 24.8 Å². The van der Waals surface area contributed by atoms with Crippen molar-refractivity contribution in [1.29, 1.82) is 0 Å². The lowest BCUT2D eigenvalue weighted by atomic mass is 9.93. The molecule has 262 valence electrons. The molecule has 3 fully saturated rings. The number of rotatable bonds is 4. The summed E-state index contributed by atoms with van der Waals surface area (Å²) in [6, 6.07) is 9.35. The number of aromatic nitrogens is 2. The molecule has 3 aliphatic heterocycles. The van der Waals surface area contributed by atoms with Crippen LogP contribution in [0.4, 0.5) is 4.79 Å². The number of aryl methyl sites for hydroxylation is 1. The summed E-state index contributed by atoms with van der Waals surface area (Å²) in [6.07, 6.45) is 6.78. The number of allylic oxidation sites excluding steroid dienone is 1. The molecule has 3 N–H and O–H groups in total. The molecular formula is C36H46N6O7. The summed E-state index contributed by atoms with van der Waals surface area (Å²) >= 11 is 0. The van der Waals surface area contributed by atoms with Crippen LogP contribution in [0.1, 0.15) is 69.8 Å². The van der Waals surface area contributed by atoms with Crippen LogP contribution >= 0.6 is 0 Å². The first-order valence-corrected chi connectivity index (χ1v) is 17.2. The second kappa shape index (κ2) is 13.3. The highest BCUT2D eigenvalue weighted by Gasteiger charge is 2.62. The molecule has 4 aliphatic rings. The quantitative estimate of drug-likeness (QED) is 0.416. The molecule has 13 nitrogen and oxygen atoms in total. The topological polar surface area (TPSA) is 163 Å². The van der Waals surface area contributed by atoms with Crippen molar-refractivity contribution in [3.05, 3.63) is 54.2 Å². The lowest BCUT2D eigenvalue weighted by Gasteiger charge is -2.33. The number of carbonyl (C=O) groups excluding carboxylic acids is 4. The van der Waals surface area contributed by atoms with Gasteiger partial charge in [-0.25, -0.2) is 9.59 Å². The Bertz CT molecular complexity index is 1650. The summed E-state index contributed by atoms with van der Waals surface area (Å²) in [7, 11) is 1.72. The number of nitrogens with zero attached hydrogens (tertiary/aromatic N) is 4. The number of ether oxygens (including phenoxy) is 1. The first-order valence-electron chi connectivity index (χ1n) is 17.2. The van der Waals surface area contributed by atoms with Crippen molar-refractivity contribution < 1.29 is 33.8 Å². The molecule has 1 aromatic heterocycles. The van der Waals surface area contributed by atoms with Crippen LogP contribution in [0, 0.1) is 17.8 Å². The van der Waals surface area contributed by atoms with E-state index >= 15 is 0 Å². The average Bonchev–Trinajstić information content (AvgIpc) is 3.30. The van der Waals surface area contributed by atoms with Gasteiger partial charge in [-0.05, 0) is 52.5 Å². The minimum Gasteiger partial charge on any atom is -0.479 e. The molecule has 1 aliphatic carbocycles. The van der Waals surface area contributed by atoms with Gasteiger partial charge >= 0.3 is 12.1 Å². The maximum absolute atomic E-state index is 14.3. The zero-order valence-corrected chi connectivity index (χ0v) is 28.6. The van der Waals surface area contributed by atoms with Crippen molar-refractivity contribution in [3.63, 3.8) is 0 Å². The second-order valence-electron chi connectivity index (χ2n) is 14.8. The zero-order valence-electron chi connectivity index (χ0n) is 28.6. The normalized spacial score (nSPS) is 29.4. The Morgan fingerprint density at radius 2 is 1.82 bits per heavy atom. The molecule has 1 aromatic carbocycles. The first kappa shape index (κ1) is 34.2. The molecule has 13 heteroatoms. The molecule has 6 rings (SSSR count). The van der Waals surface area contributed by atoms with Crippen molar-refractivity contribution in [2.45, 2.75) is 82.5 Å². The van der Waals surface area contributed by atoms with E-state index in [2.05, 4.69) is 15.7 Å². The molecule has 0 unspecified atom stereocenters. The number of carboxylic acid groups (broad SMARTS) is 1. The number of nitrogens with one attached hydrogen (secondary N) is 2. The van der Waals surface area contributed by atoms with Gasteiger partial charge in [-0.3, -0.25) is 19.1 Å². The molecule has 6 atom stereocenters. The Hall–Kier alpha value is -4.68. The lowest BCUT2D eigenvalue weighted by Crippen LogP contribution is -2.58. The van der Waals surface area contributed by atoms with Gasteiger partial charge in [-0.15, -0.1) is 0 Å². The van der Waals surface area contributed by atoms with Gasteiger partial charge in [-0.2, -0.15) is 5.10 Å². The Morgan fingerprint density at radius 1 is 1.06 bits per heavy atom. The Morgan fingerprint density at radius 3 is 2.53 bits per heavy atom. The smallest absolute Gasteiger partial charge is 0.408 e. The van der Waals surface area contributed by atoms with Crippen LogP contribution in [-0.4, -0.2) is 97.3 Å². The second-order valence-corrected chi connectivity index (χ2v) is 14.8. The monoisotopic (exact) mass is 674 g/mol. The molecule has 1 saturated carbocycles. The number of hydrogen-bond acceptors (Lipinski definition) is 7. The fourth-order valence-electron chi connectivity index (χ4n) is 7.57. The number of carbonyl (C=O) groups is 5. The molecule has 2 saturated heterocycles. The number of fused-ring (bicyclic) bond motifs is 4. The highest BCUT2D eigenvalue weighted by Crippen LogP contribution is 2.46. The van der Waals surface area contributed by atoms with Gasteiger partial charge in [0.25, 0.3) is 5.91 Å². The van der Waals surface area contributed by atoms with Gasteiger partial charge in [-0.1, -0.05) is 55.3 Å². The van der Waals surface area contributed by atoms with E-state index in [-0.39, 0.29) is 37.3 Å². The van der Waals surface area contributed by atoms with Crippen molar-refractivity contribution in [1.82, 2.24) is 30.2 Å². The van der Waals surface area contributed by atoms with Crippen LogP contribution in [-0.2, 0) is 26.2 Å². The first-order chi connectivity index (χ1) is 23.3. The van der Waals surface area contributed by atoms with E-state index in [9.17, 15) is 29.1 Å². The van der Waals surface area contributed by atoms with E-state index in [1.165, 1.54) is 4.90 Å². The Kier molecular flexibility index (Phi) is 9.29. The fourth-order valence-corrected chi connectivity index (χ4v) is 7.57. The highest BCUT2D eigenvalue weighted by molar-refractivity contribution is 5.97. The Labute approximate surface area is 286 Å². The van der Waals surface area contributed by atoms with Crippen molar-refractivity contribution >= 4 is 29.8 Å². The molecular weight excluding hydrogens is 628 g/mol. The lowest BCUT2D eigenvalue weighted by molar-refractivity contribution is -0.146. The third-order valence-electron chi connectivity index (χ3n) is 10.1. The van der Waals surface area contributed by atoms with Gasteiger partial charge in [0.05, 0.1) is 5.69 Å². The maximum Gasteiger partial charge on any atom is 0.408 e. The van der Waals surface area contributed by atoms with Crippen molar-refractivity contribution in [3.8, 4) is 11.3 Å². The molecule has 2 aromatic rings. The molecule has 0 bridgehead atoms. The minimum absolute atomic E-state index is 0.182. The SMILES string of the molecule is Cn1nc(-c2ccccc2)cc1C(=O)N1C[C@H]2CN3C(=O)[C@H](NC(=O)OC(C)(C)C)CCCCC/C=C\[C@@H]4C[C@@]4(C(=O)O)NC(=O)[C@@H]3[C@H]2C1. The summed E-state index contributed by atoms with van der Waals surface area (Å²) in [5.74, 6) is -3.36. The van der Waals surface area contributed by atoms with Crippen LogP contribution in [0.2, 0.25) is 0 Å². The number of alkyl carbamates (subject to hydrolysis) is 1. The van der Waals surface area contributed by atoms with E-state index in [1.807, 2.05) is 42.5 Å². The zero-order chi connectivity index (χ0) is 35.1. The minimum atomic E-state index is -1.45. The number of amides is 4. The van der Waals surface area contributed by atoms with E-state index in [4.69, 9.17) is 4.74 Å². The number of aliphatic carboxylic acids is 1. The van der Waals surface area contributed by atoms with Gasteiger partial charge < -0.3 is 30.3 Å². The van der Waals surface area contributed by atoms with Crippen LogP contribution in [0.15, 0.2) is 48.6 Å². The van der Waals surface area contributed by atoms with Crippen molar-refractivity contribution in [2.75, 3.05) is 19.6 Å². The molecule has 4 amide bonds. The molecule has 0 radical (unpaired) electrons. The van der Waals surface area contributed by atoms with E-state index in [0.29, 0.717) is 30.8 Å². The van der Waals surface area contributed by atoms with Crippen LogP contribution in [0.25, 0.3) is 11.3 Å². The maximum atomic E-state index is 14.3. The average molecular weight is 675 g/mol. The summed E-state index contributed by atoms with van der Waals surface area (Å²) in [6.45, 7) is 5.91. The fraction of sp³-hybridized carbons (Fsp3) is 0.556. The van der Waals surface area contributed by atoms with Gasteiger partial charge in [0.15, 0.2) is 0 Å². The number of hydrogen-bond donors (Lipinski definition) is 3. The van der Waals surface area contributed by atoms with Crippen LogP contribution in [0.5, 0.6) is 0 Å². The van der Waals surface area contributed by atoms with E-state index in [1.54, 1.807) is 43.5 Å². The van der Waals surface area contributed by atoms with Crippen LogP contribution in [0.3, 0.4) is 0 Å². The van der Waals surface area contributed by atoms with Crippen LogP contribution < -0.4 is 10.6 Å². The van der Waals surface area contributed by atoms with Gasteiger partial charge in [0, 0.05) is 50.0 Å². The summed E-state index contributed by atoms with van der Waals surface area (Å²) in [5, 5.41) is 20.3. The Balaban J connectivity index is 1.28.